The largest absolute Gasteiger partial charge is 0.380 e. The normalized spacial score (nSPS) is 21.8. The van der Waals surface area contributed by atoms with Crippen LogP contribution in [0.1, 0.15) is 12.0 Å². The number of benzene rings is 1. The van der Waals surface area contributed by atoms with E-state index in [2.05, 4.69) is 27.7 Å². The second-order valence-electron chi connectivity index (χ2n) is 5.33. The van der Waals surface area contributed by atoms with Crippen molar-refractivity contribution < 1.29 is 9.53 Å². The molecule has 1 heterocycles. The van der Waals surface area contributed by atoms with Crippen molar-refractivity contribution in [3.63, 3.8) is 0 Å². The van der Waals surface area contributed by atoms with Gasteiger partial charge in [0.1, 0.15) is 0 Å². The van der Waals surface area contributed by atoms with Crippen molar-refractivity contribution in [3.8, 4) is 0 Å². The van der Waals surface area contributed by atoms with Crippen LogP contribution in [0.4, 0.5) is 5.69 Å². The van der Waals surface area contributed by atoms with Gasteiger partial charge in [-0.3, -0.25) is 4.79 Å². The van der Waals surface area contributed by atoms with Crippen LogP contribution in [0.2, 0.25) is 0 Å². The van der Waals surface area contributed by atoms with Gasteiger partial charge in [-0.05, 0) is 24.1 Å². The SMILES string of the molecule is COC1CNC(C(=O)NCc2ccc(N(C)C)cc2)C1. The lowest BCUT2D eigenvalue weighted by Crippen LogP contribution is -2.39. The van der Waals surface area contributed by atoms with Gasteiger partial charge in [0.2, 0.25) is 5.91 Å². The van der Waals surface area contributed by atoms with E-state index in [-0.39, 0.29) is 18.1 Å². The fourth-order valence-corrected chi connectivity index (χ4v) is 2.31. The Morgan fingerprint density at radius 3 is 2.65 bits per heavy atom. The third kappa shape index (κ3) is 3.71. The average Bonchev–Trinajstić information content (AvgIpc) is 2.94. The van der Waals surface area contributed by atoms with Crippen LogP contribution in [0.5, 0.6) is 0 Å². The predicted octanol–water partition coefficient (Wildman–Crippen LogP) is 0.746. The van der Waals surface area contributed by atoms with Gasteiger partial charge < -0.3 is 20.3 Å². The van der Waals surface area contributed by atoms with E-state index in [0.29, 0.717) is 6.54 Å². The van der Waals surface area contributed by atoms with E-state index in [1.54, 1.807) is 7.11 Å². The van der Waals surface area contributed by atoms with E-state index >= 15 is 0 Å². The minimum absolute atomic E-state index is 0.0428. The minimum atomic E-state index is -0.138. The molecule has 1 aromatic rings. The number of ether oxygens (including phenoxy) is 1. The van der Waals surface area contributed by atoms with Gasteiger partial charge in [-0.15, -0.1) is 0 Å². The number of carbonyl (C=O) groups is 1. The van der Waals surface area contributed by atoms with Crippen molar-refractivity contribution in [1.29, 1.82) is 0 Å². The molecule has 1 aromatic carbocycles. The van der Waals surface area contributed by atoms with Crippen LogP contribution in [-0.2, 0) is 16.1 Å². The Morgan fingerprint density at radius 1 is 1.40 bits per heavy atom. The first-order chi connectivity index (χ1) is 9.60. The summed E-state index contributed by atoms with van der Waals surface area (Å²) in [6, 6.07) is 8.04. The molecule has 0 aromatic heterocycles. The molecule has 2 unspecified atom stereocenters. The van der Waals surface area contributed by atoms with Crippen molar-refractivity contribution in [2.45, 2.75) is 25.1 Å². The van der Waals surface area contributed by atoms with E-state index < -0.39 is 0 Å². The molecule has 2 rings (SSSR count). The number of nitrogens with zero attached hydrogens (tertiary/aromatic N) is 1. The smallest absolute Gasteiger partial charge is 0.237 e. The van der Waals surface area contributed by atoms with Gasteiger partial charge in [0, 0.05) is 40.0 Å². The highest BCUT2D eigenvalue weighted by Crippen LogP contribution is 2.13. The molecule has 0 radical (unpaired) electrons. The van der Waals surface area contributed by atoms with E-state index in [1.165, 1.54) is 0 Å². The molecule has 5 nitrogen and oxygen atoms in total. The van der Waals surface area contributed by atoms with Crippen LogP contribution in [-0.4, -0.2) is 45.8 Å². The van der Waals surface area contributed by atoms with Crippen molar-refractivity contribution in [3.05, 3.63) is 29.8 Å². The average molecular weight is 277 g/mol. The standard InChI is InChI=1S/C15H23N3O2/c1-18(2)12-6-4-11(5-7-12)9-17-15(19)14-8-13(20-3)10-16-14/h4-7,13-14,16H,8-10H2,1-3H3,(H,17,19). The highest BCUT2D eigenvalue weighted by Gasteiger charge is 2.28. The molecule has 2 atom stereocenters. The van der Waals surface area contributed by atoms with E-state index in [4.69, 9.17) is 4.74 Å². The fraction of sp³-hybridized carbons (Fsp3) is 0.533. The third-order valence-electron chi connectivity index (χ3n) is 3.66. The third-order valence-corrected chi connectivity index (χ3v) is 3.66. The molecule has 20 heavy (non-hydrogen) atoms. The Kier molecular flexibility index (Phi) is 4.98. The number of amides is 1. The Balaban J connectivity index is 1.81. The number of nitrogens with one attached hydrogen (secondary N) is 2. The molecule has 110 valence electrons. The monoisotopic (exact) mass is 277 g/mol. The quantitative estimate of drug-likeness (QED) is 0.834. The maximum Gasteiger partial charge on any atom is 0.237 e. The lowest BCUT2D eigenvalue weighted by Gasteiger charge is -2.14. The summed E-state index contributed by atoms with van der Waals surface area (Å²) in [7, 11) is 5.70. The Morgan fingerprint density at radius 2 is 2.10 bits per heavy atom. The maximum absolute atomic E-state index is 12.0. The summed E-state index contributed by atoms with van der Waals surface area (Å²) < 4.78 is 5.24. The van der Waals surface area contributed by atoms with E-state index in [9.17, 15) is 4.79 Å². The Labute approximate surface area is 120 Å². The maximum atomic E-state index is 12.0. The first-order valence-corrected chi connectivity index (χ1v) is 6.90. The van der Waals surface area contributed by atoms with Crippen molar-refractivity contribution in [2.24, 2.45) is 0 Å². The number of hydrogen-bond acceptors (Lipinski definition) is 4. The zero-order valence-electron chi connectivity index (χ0n) is 12.3. The lowest BCUT2D eigenvalue weighted by atomic mass is 10.1. The van der Waals surface area contributed by atoms with Gasteiger partial charge in [-0.1, -0.05) is 12.1 Å². The molecule has 0 saturated carbocycles. The molecule has 5 heteroatoms. The van der Waals surface area contributed by atoms with Crippen LogP contribution in [0.3, 0.4) is 0 Å². The summed E-state index contributed by atoms with van der Waals surface area (Å²) in [5, 5.41) is 6.14. The van der Waals surface area contributed by atoms with E-state index in [0.717, 1.165) is 24.2 Å². The van der Waals surface area contributed by atoms with Gasteiger partial charge in [0.25, 0.3) is 0 Å². The second-order valence-corrected chi connectivity index (χ2v) is 5.33. The summed E-state index contributed by atoms with van der Waals surface area (Å²) in [5.41, 5.74) is 2.26. The summed E-state index contributed by atoms with van der Waals surface area (Å²) in [6.45, 7) is 1.30. The second kappa shape index (κ2) is 6.72. The fourth-order valence-electron chi connectivity index (χ4n) is 2.31. The van der Waals surface area contributed by atoms with Gasteiger partial charge in [0.05, 0.1) is 12.1 Å². The molecular weight excluding hydrogens is 254 g/mol. The molecule has 1 aliphatic rings. The molecule has 1 saturated heterocycles. The van der Waals surface area contributed by atoms with Gasteiger partial charge in [0.15, 0.2) is 0 Å². The number of hydrogen-bond donors (Lipinski definition) is 2. The van der Waals surface area contributed by atoms with Crippen molar-refractivity contribution >= 4 is 11.6 Å². The first kappa shape index (κ1) is 14.8. The zero-order chi connectivity index (χ0) is 14.5. The molecule has 0 spiro atoms. The molecule has 2 N–H and O–H groups in total. The van der Waals surface area contributed by atoms with Gasteiger partial charge in [-0.25, -0.2) is 0 Å². The Bertz CT molecular complexity index is 445. The molecule has 1 fully saturated rings. The predicted molar refractivity (Wildman–Crippen MR) is 79.8 cm³/mol. The van der Waals surface area contributed by atoms with E-state index in [1.807, 2.05) is 26.2 Å². The van der Waals surface area contributed by atoms with Crippen LogP contribution in [0.15, 0.2) is 24.3 Å². The highest BCUT2D eigenvalue weighted by atomic mass is 16.5. The number of anilines is 1. The molecule has 1 amide bonds. The van der Waals surface area contributed by atoms with Crippen LogP contribution < -0.4 is 15.5 Å². The summed E-state index contributed by atoms with van der Waals surface area (Å²) >= 11 is 0. The van der Waals surface area contributed by atoms with Crippen LogP contribution in [0, 0.1) is 0 Å². The van der Waals surface area contributed by atoms with Crippen LogP contribution >= 0.6 is 0 Å². The summed E-state index contributed by atoms with van der Waals surface area (Å²) in [5.74, 6) is 0.0428. The van der Waals surface area contributed by atoms with Crippen LogP contribution in [0.25, 0.3) is 0 Å². The highest BCUT2D eigenvalue weighted by molar-refractivity contribution is 5.82. The van der Waals surface area contributed by atoms with Gasteiger partial charge >= 0.3 is 0 Å². The zero-order valence-corrected chi connectivity index (χ0v) is 12.3. The lowest BCUT2D eigenvalue weighted by molar-refractivity contribution is -0.123. The molecular formula is C15H23N3O2. The van der Waals surface area contributed by atoms with Crippen molar-refractivity contribution in [2.75, 3.05) is 32.6 Å². The van der Waals surface area contributed by atoms with Gasteiger partial charge in [-0.2, -0.15) is 0 Å². The number of carbonyl (C=O) groups excluding carboxylic acids is 1. The molecule has 1 aliphatic heterocycles. The summed E-state index contributed by atoms with van der Waals surface area (Å²) in [6.07, 6.45) is 0.882. The topological polar surface area (TPSA) is 53.6 Å². The number of methoxy groups -OCH3 is 1. The first-order valence-electron chi connectivity index (χ1n) is 6.90. The van der Waals surface area contributed by atoms with Crippen molar-refractivity contribution in [1.82, 2.24) is 10.6 Å². The number of rotatable bonds is 5. The minimum Gasteiger partial charge on any atom is -0.380 e. The Hall–Kier alpha value is -1.59. The molecule has 0 bridgehead atoms. The summed E-state index contributed by atoms with van der Waals surface area (Å²) in [4.78, 5) is 14.1. The molecule has 0 aliphatic carbocycles.